The van der Waals surface area contributed by atoms with Crippen LogP contribution in [0.25, 0.3) is 32.7 Å². The van der Waals surface area contributed by atoms with Crippen LogP contribution in [0, 0.1) is 23.7 Å². The minimum atomic E-state index is -0.371. The maximum atomic E-state index is 15.0. The summed E-state index contributed by atoms with van der Waals surface area (Å²) in [5.41, 5.74) is 7.64. The van der Waals surface area contributed by atoms with Crippen molar-refractivity contribution < 1.29 is 9.90 Å². The first kappa shape index (κ1) is 39.0. The number of carbonyl (C=O) groups is 1. The molecule has 0 radical (unpaired) electrons. The number of Topliss-reactive ketones (excluding diaryl/α,β-unsaturated/α-hetero) is 1. The molecule has 4 atom stereocenters. The van der Waals surface area contributed by atoms with Crippen molar-refractivity contribution in [2.24, 2.45) is 23.7 Å². The molecule has 0 bridgehead atoms. The number of allylic oxidation sites excluding steroid dienone is 2. The van der Waals surface area contributed by atoms with Crippen LogP contribution < -0.4 is 30.3 Å². The van der Waals surface area contributed by atoms with Crippen molar-refractivity contribution in [3.8, 4) is 0 Å². The number of hydrogen-bond donors (Lipinski definition) is 2. The molecule has 2 saturated carbocycles. The Morgan fingerprint density at radius 2 is 1.12 bits per heavy atom. The molecule has 4 unspecified atom stereocenters. The van der Waals surface area contributed by atoms with Gasteiger partial charge in [-0.1, -0.05) is 113 Å². The van der Waals surface area contributed by atoms with Crippen LogP contribution in [0.1, 0.15) is 71.8 Å². The van der Waals surface area contributed by atoms with Gasteiger partial charge in [0.15, 0.2) is 0 Å². The summed E-state index contributed by atoms with van der Waals surface area (Å²) in [6.07, 6.45) is 6.43. The number of hydrogen-bond acceptors (Lipinski definition) is 5. The topological polar surface area (TPSA) is 58.8 Å². The number of ketones is 1. The van der Waals surface area contributed by atoms with Crippen LogP contribution in [0.4, 0.5) is 34.1 Å². The van der Waals surface area contributed by atoms with E-state index in [1.165, 1.54) is 12.8 Å². The molecule has 6 nitrogen and oxygen atoms in total. The molecule has 318 valence electrons. The van der Waals surface area contributed by atoms with Crippen molar-refractivity contribution in [3.05, 3.63) is 174 Å². The molecule has 7 aromatic rings. The zero-order chi connectivity index (χ0) is 43.5. The molecule has 0 amide bonds. The molecule has 2 N–H and O–H groups in total. The van der Waals surface area contributed by atoms with Crippen molar-refractivity contribution in [3.63, 3.8) is 0 Å². The number of aliphatic hydroxyl groups is 1. The predicted molar refractivity (Wildman–Crippen MR) is 263 cm³/mol. The summed E-state index contributed by atoms with van der Waals surface area (Å²) in [5.74, 6) is 2.07. The fraction of sp³-hybridized carbons (Fsp3) is 0.276. The Bertz CT molecular complexity index is 3140. The van der Waals surface area contributed by atoms with E-state index in [0.717, 1.165) is 97.5 Å². The third kappa shape index (κ3) is 5.63. The minimum Gasteiger partial charge on any atom is -0.506 e. The van der Waals surface area contributed by atoms with Gasteiger partial charge in [0.25, 0.3) is 0 Å². The smallest absolute Gasteiger partial charge is 0.242 e. The van der Waals surface area contributed by atoms with Crippen LogP contribution in [0.3, 0.4) is 0 Å². The molecule has 2 heterocycles. The van der Waals surface area contributed by atoms with Crippen LogP contribution >= 0.6 is 0 Å². The second kappa shape index (κ2) is 14.4. The summed E-state index contributed by atoms with van der Waals surface area (Å²) < 4.78 is 2.53. The SMILES string of the molecule is CC1CC(C)CC2(C1)N(c1ccccc1)c1cccc3c(C4=C(O)/C(=c5/ccc6c7c(cccc57)NC5(CC(C)CC(C)C5)[N+]=6c5ccccc5)C4=O)ccc(c13)N2c1ccccc1. The van der Waals surface area contributed by atoms with Crippen LogP contribution in [0.2, 0.25) is 0 Å². The molecule has 2 aliphatic heterocycles. The van der Waals surface area contributed by atoms with Crippen molar-refractivity contribution in [2.45, 2.75) is 77.5 Å². The van der Waals surface area contributed by atoms with Gasteiger partial charge < -0.3 is 20.2 Å². The van der Waals surface area contributed by atoms with E-state index in [1.807, 2.05) is 0 Å². The Morgan fingerprint density at radius 1 is 0.562 bits per heavy atom. The number of benzene rings is 7. The zero-order valence-electron chi connectivity index (χ0n) is 37.2. The van der Waals surface area contributed by atoms with E-state index in [1.54, 1.807) is 0 Å². The number of nitrogens with one attached hydrogen (secondary N) is 1. The molecule has 0 aromatic heterocycles. The van der Waals surface area contributed by atoms with Gasteiger partial charge in [0.1, 0.15) is 11.4 Å². The van der Waals surface area contributed by atoms with Gasteiger partial charge in [0.2, 0.25) is 22.5 Å². The van der Waals surface area contributed by atoms with E-state index in [-0.39, 0.29) is 22.9 Å². The van der Waals surface area contributed by atoms with Crippen LogP contribution in [-0.4, -0.2) is 22.2 Å². The van der Waals surface area contributed by atoms with Crippen LogP contribution in [-0.2, 0) is 4.79 Å². The lowest BCUT2D eigenvalue weighted by Crippen LogP contribution is -2.62. The fourth-order valence-electron chi connectivity index (χ4n) is 13.5. The molecule has 12 rings (SSSR count). The van der Waals surface area contributed by atoms with Crippen molar-refractivity contribution in [2.75, 3.05) is 15.1 Å². The van der Waals surface area contributed by atoms with E-state index in [9.17, 15) is 9.90 Å². The average molecular weight is 840 g/mol. The number of nitrogens with zero attached hydrogens (tertiary/aromatic N) is 3. The van der Waals surface area contributed by atoms with E-state index in [2.05, 4.69) is 199 Å². The van der Waals surface area contributed by atoms with Crippen molar-refractivity contribution >= 4 is 72.6 Å². The summed E-state index contributed by atoms with van der Waals surface area (Å²) in [4.78, 5) is 20.1. The van der Waals surface area contributed by atoms with Crippen molar-refractivity contribution in [1.29, 1.82) is 0 Å². The van der Waals surface area contributed by atoms with Gasteiger partial charge in [-0.3, -0.25) is 4.79 Å². The predicted octanol–water partition coefficient (Wildman–Crippen LogP) is 12.5. The fourth-order valence-corrected chi connectivity index (χ4v) is 13.5. The maximum Gasteiger partial charge on any atom is 0.242 e. The minimum absolute atomic E-state index is 0.0588. The summed E-state index contributed by atoms with van der Waals surface area (Å²) in [7, 11) is 0. The van der Waals surface area contributed by atoms with Gasteiger partial charge in [0.05, 0.1) is 33.6 Å². The molecule has 64 heavy (non-hydrogen) atoms. The van der Waals surface area contributed by atoms with Crippen molar-refractivity contribution in [1.82, 2.24) is 4.58 Å². The number of anilines is 5. The van der Waals surface area contributed by atoms with Crippen LogP contribution in [0.15, 0.2) is 157 Å². The molecule has 3 aliphatic carbocycles. The Balaban J connectivity index is 1.08. The second-order valence-electron chi connectivity index (χ2n) is 20.0. The van der Waals surface area contributed by atoms with E-state index < -0.39 is 0 Å². The Morgan fingerprint density at radius 3 is 1.75 bits per heavy atom. The first-order valence-corrected chi connectivity index (χ1v) is 23.5. The summed E-state index contributed by atoms with van der Waals surface area (Å²) >= 11 is 0. The average Bonchev–Trinajstić information content (AvgIpc) is 3.28. The van der Waals surface area contributed by atoms with Gasteiger partial charge in [-0.15, -0.1) is 0 Å². The van der Waals surface area contributed by atoms with Gasteiger partial charge >= 0.3 is 0 Å². The molecule has 0 saturated heterocycles. The molecule has 2 spiro atoms. The number of carbonyl (C=O) groups excluding carboxylic acids is 1. The second-order valence-corrected chi connectivity index (χ2v) is 20.0. The highest BCUT2D eigenvalue weighted by Crippen LogP contribution is 2.58. The molecule has 5 aliphatic rings. The van der Waals surface area contributed by atoms with Gasteiger partial charge in [-0.05, 0) is 119 Å². The lowest BCUT2D eigenvalue weighted by atomic mass is 9.72. The lowest BCUT2D eigenvalue weighted by molar-refractivity contribution is -0.109. The Hall–Kier alpha value is -6.66. The highest BCUT2D eigenvalue weighted by atomic mass is 16.3. The molecular weight excluding hydrogens is 785 g/mol. The maximum absolute atomic E-state index is 15.0. The highest BCUT2D eigenvalue weighted by Gasteiger charge is 2.53. The lowest BCUT2D eigenvalue weighted by Gasteiger charge is -2.59. The number of para-hydroxylation sites is 3. The van der Waals surface area contributed by atoms with E-state index in [0.29, 0.717) is 34.8 Å². The summed E-state index contributed by atoms with van der Waals surface area (Å²) in [6.45, 7) is 9.57. The first-order chi connectivity index (χ1) is 31.2. The Kier molecular flexibility index (Phi) is 8.79. The standard InChI is InChI=1S/C58H54N4O2/c1-36-30-37(2)33-57(32-36)59-47-24-14-22-43-45(26-28-49(51(43)47)60(57)40-16-8-5-9-17-40)53-55(63)54(56(53)64)46-27-29-50-52-44(46)23-15-25-48(52)61(41-18-10-6-11-19-41)58(34-38(3)31-39(4)35-58)62(50)42-20-12-7-13-21-42/h5-29,36-39H,30-35H2,1-4H3,(H,63,64)/p+1. The largest absolute Gasteiger partial charge is 0.506 e. The third-order valence-electron chi connectivity index (χ3n) is 15.2. The molecular formula is C58H55N4O2+. The molecule has 2 fully saturated rings. The third-order valence-corrected chi connectivity index (χ3v) is 15.2. The summed E-state index contributed by atoms with van der Waals surface area (Å²) in [6, 6.07) is 53.9. The number of aliphatic hydroxyl groups excluding tert-OH is 1. The number of rotatable bonds is 4. The summed E-state index contributed by atoms with van der Waals surface area (Å²) in [5, 5.41) is 22.4. The normalized spacial score (nSPS) is 27.1. The highest BCUT2D eigenvalue weighted by molar-refractivity contribution is 6.53. The van der Waals surface area contributed by atoms with E-state index in [4.69, 9.17) is 0 Å². The zero-order valence-corrected chi connectivity index (χ0v) is 37.2. The van der Waals surface area contributed by atoms with Gasteiger partial charge in [0, 0.05) is 47.8 Å². The Labute approximate surface area is 375 Å². The monoisotopic (exact) mass is 839 g/mol. The molecule has 7 aromatic carbocycles. The quantitative estimate of drug-likeness (QED) is 0.173. The van der Waals surface area contributed by atoms with E-state index >= 15 is 0 Å². The van der Waals surface area contributed by atoms with Crippen LogP contribution in [0.5, 0.6) is 0 Å². The first-order valence-electron chi connectivity index (χ1n) is 23.5. The molecule has 6 heteroatoms. The van der Waals surface area contributed by atoms with Gasteiger partial charge in [-0.2, -0.15) is 4.58 Å². The van der Waals surface area contributed by atoms with Gasteiger partial charge in [-0.25, -0.2) is 0 Å².